The van der Waals surface area contributed by atoms with Gasteiger partial charge in [0, 0.05) is 31.0 Å². The Balaban J connectivity index is 0.00000304. The highest BCUT2D eigenvalue weighted by Gasteiger charge is 2.22. The van der Waals surface area contributed by atoms with Gasteiger partial charge in [0.25, 0.3) is 5.91 Å². The molecule has 2 aromatic heterocycles. The van der Waals surface area contributed by atoms with Gasteiger partial charge in [-0.1, -0.05) is 72.9 Å². The molecule has 0 radical (unpaired) electrons. The highest BCUT2D eigenvalue weighted by atomic mass is 35.5. The lowest BCUT2D eigenvalue weighted by Crippen LogP contribution is -2.32. The Morgan fingerprint density at radius 2 is 1.75 bits per heavy atom. The first-order chi connectivity index (χ1) is 17.2. The number of hydrogen-bond acceptors (Lipinski definition) is 4. The van der Waals surface area contributed by atoms with Gasteiger partial charge >= 0.3 is 0 Å². The van der Waals surface area contributed by atoms with E-state index in [4.69, 9.17) is 4.98 Å². The molecule has 0 bridgehead atoms. The van der Waals surface area contributed by atoms with Crippen LogP contribution >= 0.6 is 23.7 Å². The van der Waals surface area contributed by atoms with Crippen LogP contribution in [0.25, 0.3) is 10.2 Å². The molecule has 0 spiro atoms. The third kappa shape index (κ3) is 5.83. The number of aryl methyl sites for hydroxylation is 2. The second-order valence-corrected chi connectivity index (χ2v) is 9.59. The molecular weight excluding hydrogens is 488 g/mol. The molecule has 7 heteroatoms. The lowest BCUT2D eigenvalue weighted by Gasteiger charge is -2.20. The van der Waals surface area contributed by atoms with Crippen molar-refractivity contribution in [2.75, 3.05) is 11.4 Å². The van der Waals surface area contributed by atoms with Gasteiger partial charge < -0.3 is 4.57 Å². The van der Waals surface area contributed by atoms with Crippen LogP contribution in [0.2, 0.25) is 0 Å². The second-order valence-electron chi connectivity index (χ2n) is 8.58. The number of aromatic nitrogens is 3. The maximum atomic E-state index is 13.7. The monoisotopic (exact) mass is 516 g/mol. The molecule has 0 aliphatic carbocycles. The minimum atomic E-state index is -0.0148. The fraction of sp³-hybridized carbons (Fsp3) is 0.207. The number of anilines is 1. The Bertz CT molecular complexity index is 1400. The summed E-state index contributed by atoms with van der Waals surface area (Å²) in [6.07, 6.45) is 8.11. The van der Waals surface area contributed by atoms with E-state index < -0.39 is 0 Å². The number of carbonyl (C=O) groups excluding carboxylic acids is 1. The average Bonchev–Trinajstić information content (AvgIpc) is 3.57. The van der Waals surface area contributed by atoms with Gasteiger partial charge in [-0.25, -0.2) is 9.97 Å². The zero-order chi connectivity index (χ0) is 24.0. The van der Waals surface area contributed by atoms with E-state index in [1.165, 1.54) is 16.7 Å². The molecule has 2 heterocycles. The summed E-state index contributed by atoms with van der Waals surface area (Å²) in [5.74, 6) is -0.0148. The summed E-state index contributed by atoms with van der Waals surface area (Å²) in [6, 6.07) is 24.6. The molecule has 0 aliphatic heterocycles. The fourth-order valence-electron chi connectivity index (χ4n) is 4.26. The topological polar surface area (TPSA) is 51.0 Å². The first-order valence-corrected chi connectivity index (χ1v) is 12.8. The number of benzene rings is 3. The number of halogens is 1. The van der Waals surface area contributed by atoms with Crippen molar-refractivity contribution >= 4 is 45.0 Å². The average molecular weight is 517 g/mol. The molecule has 5 aromatic rings. The van der Waals surface area contributed by atoms with Gasteiger partial charge in [0.15, 0.2) is 5.13 Å². The molecular formula is C29H29ClN4OS. The van der Waals surface area contributed by atoms with Crippen LogP contribution in [0, 0.1) is 0 Å². The smallest absolute Gasteiger partial charge is 0.260 e. The molecule has 5 nitrogen and oxygen atoms in total. The number of thiazole rings is 1. The molecule has 0 saturated heterocycles. The molecule has 0 atom stereocenters. The predicted molar refractivity (Wildman–Crippen MR) is 150 cm³/mol. The minimum absolute atomic E-state index is 0. The summed E-state index contributed by atoms with van der Waals surface area (Å²) < 4.78 is 3.15. The maximum Gasteiger partial charge on any atom is 0.260 e. The van der Waals surface area contributed by atoms with E-state index in [0.717, 1.165) is 41.2 Å². The van der Waals surface area contributed by atoms with Gasteiger partial charge in [-0.15, -0.1) is 12.4 Å². The normalized spacial score (nSPS) is 10.8. The van der Waals surface area contributed by atoms with Crippen LogP contribution in [0.3, 0.4) is 0 Å². The van der Waals surface area contributed by atoms with Crippen molar-refractivity contribution in [3.8, 4) is 0 Å². The first kappa shape index (κ1) is 25.6. The van der Waals surface area contributed by atoms with Crippen LogP contribution in [0.5, 0.6) is 0 Å². The van der Waals surface area contributed by atoms with E-state index in [2.05, 4.69) is 66.5 Å². The zero-order valence-electron chi connectivity index (χ0n) is 20.2. The van der Waals surface area contributed by atoms with Gasteiger partial charge in [-0.3, -0.25) is 9.69 Å². The van der Waals surface area contributed by atoms with Gasteiger partial charge in [-0.05, 0) is 54.2 Å². The van der Waals surface area contributed by atoms with E-state index in [0.29, 0.717) is 12.1 Å². The summed E-state index contributed by atoms with van der Waals surface area (Å²) in [6.45, 7) is 3.52. The number of fused-ring (bicyclic) bond motifs is 1. The van der Waals surface area contributed by atoms with Crippen LogP contribution in [0.15, 0.2) is 91.5 Å². The Morgan fingerprint density at radius 3 is 2.47 bits per heavy atom. The van der Waals surface area contributed by atoms with Crippen molar-refractivity contribution in [1.82, 2.24) is 14.5 Å². The summed E-state index contributed by atoms with van der Waals surface area (Å²) in [7, 11) is 0. The van der Waals surface area contributed by atoms with E-state index in [1.807, 2.05) is 40.2 Å². The van der Waals surface area contributed by atoms with Crippen molar-refractivity contribution < 1.29 is 4.79 Å². The van der Waals surface area contributed by atoms with E-state index in [1.54, 1.807) is 17.5 Å². The largest absolute Gasteiger partial charge is 0.337 e. The summed E-state index contributed by atoms with van der Waals surface area (Å²) in [4.78, 5) is 24.6. The quantitative estimate of drug-likeness (QED) is 0.216. The molecule has 0 fully saturated rings. The van der Waals surface area contributed by atoms with Crippen LogP contribution < -0.4 is 4.90 Å². The summed E-state index contributed by atoms with van der Waals surface area (Å²) in [5.41, 5.74) is 5.34. The number of hydrogen-bond donors (Lipinski definition) is 0. The van der Waals surface area contributed by atoms with E-state index in [-0.39, 0.29) is 18.3 Å². The molecule has 184 valence electrons. The van der Waals surface area contributed by atoms with Gasteiger partial charge in [0.1, 0.15) is 0 Å². The highest BCUT2D eigenvalue weighted by molar-refractivity contribution is 7.22. The summed E-state index contributed by atoms with van der Waals surface area (Å²) >= 11 is 1.59. The van der Waals surface area contributed by atoms with Gasteiger partial charge in [0.05, 0.1) is 16.5 Å². The van der Waals surface area contributed by atoms with Gasteiger partial charge in [0.2, 0.25) is 0 Å². The molecule has 0 saturated carbocycles. The zero-order valence-corrected chi connectivity index (χ0v) is 21.8. The van der Waals surface area contributed by atoms with Crippen LogP contribution in [0.4, 0.5) is 5.13 Å². The lowest BCUT2D eigenvalue weighted by atomic mass is 10.0. The molecule has 1 amide bonds. The van der Waals surface area contributed by atoms with Crippen LogP contribution in [-0.2, 0) is 19.4 Å². The minimum Gasteiger partial charge on any atom is -0.337 e. The first-order valence-electron chi connectivity index (χ1n) is 12.0. The molecule has 3 aromatic carbocycles. The van der Waals surface area contributed by atoms with E-state index >= 15 is 0 Å². The SMILES string of the molecule is CCc1cccc2sc(N(CCCn3ccnc3)C(=O)c3ccc(Cc4ccccc4)cc3)nc12.Cl. The van der Waals surface area contributed by atoms with Crippen LogP contribution in [0.1, 0.15) is 40.4 Å². The molecule has 0 aliphatic rings. The Labute approximate surface area is 221 Å². The van der Waals surface area contributed by atoms with Crippen molar-refractivity contribution in [1.29, 1.82) is 0 Å². The van der Waals surface area contributed by atoms with Crippen molar-refractivity contribution in [2.24, 2.45) is 0 Å². The number of carbonyl (C=O) groups is 1. The maximum absolute atomic E-state index is 13.7. The fourth-order valence-corrected chi connectivity index (χ4v) is 5.30. The Kier molecular flexibility index (Phi) is 8.52. The number of rotatable bonds is 9. The highest BCUT2D eigenvalue weighted by Crippen LogP contribution is 2.32. The lowest BCUT2D eigenvalue weighted by molar-refractivity contribution is 0.0986. The number of amides is 1. The third-order valence-corrected chi connectivity index (χ3v) is 7.20. The van der Waals surface area contributed by atoms with E-state index in [9.17, 15) is 4.79 Å². The third-order valence-electron chi connectivity index (χ3n) is 6.16. The molecule has 36 heavy (non-hydrogen) atoms. The standard InChI is InChI=1S/C29H28N4OS.ClH/c1-2-24-10-6-11-26-27(24)31-29(35-26)33(18-7-17-32-19-16-30-21-32)28(34)25-14-12-23(13-15-25)20-22-8-4-3-5-9-22;/h3-6,8-16,19,21H,2,7,17-18,20H2,1H3;1H. The molecule has 5 rings (SSSR count). The van der Waals surface area contributed by atoms with Gasteiger partial charge in [-0.2, -0.15) is 0 Å². The van der Waals surface area contributed by atoms with Crippen molar-refractivity contribution in [2.45, 2.75) is 32.7 Å². The number of nitrogens with zero attached hydrogens (tertiary/aromatic N) is 4. The number of imidazole rings is 1. The van der Waals surface area contributed by atoms with Crippen molar-refractivity contribution in [3.05, 3.63) is 114 Å². The Morgan fingerprint density at radius 1 is 0.972 bits per heavy atom. The summed E-state index contributed by atoms with van der Waals surface area (Å²) in [5, 5.41) is 0.755. The van der Waals surface area contributed by atoms with Crippen molar-refractivity contribution in [3.63, 3.8) is 0 Å². The predicted octanol–water partition coefficient (Wildman–Crippen LogP) is 6.80. The molecule has 0 N–H and O–H groups in total. The Hall–Kier alpha value is -3.48. The second kappa shape index (κ2) is 12.0. The molecule has 0 unspecified atom stereocenters. The van der Waals surface area contributed by atoms with Crippen LogP contribution in [-0.4, -0.2) is 27.0 Å². The number of para-hydroxylation sites is 1.